The van der Waals surface area contributed by atoms with Gasteiger partial charge in [-0.15, -0.1) is 0 Å². The maximum absolute atomic E-state index is 4.30. The topological polar surface area (TPSA) is 42.7 Å². The molecule has 2 heterocycles. The lowest BCUT2D eigenvalue weighted by atomic mass is 10.3. The van der Waals surface area contributed by atoms with E-state index in [-0.39, 0.29) is 0 Å². The highest BCUT2D eigenvalue weighted by molar-refractivity contribution is 5.26. The Balaban J connectivity index is 1.84. The van der Waals surface area contributed by atoms with Gasteiger partial charge in [0, 0.05) is 43.8 Å². The largest absolute Gasteiger partial charge is 0.355 e. The summed E-state index contributed by atoms with van der Waals surface area (Å²) in [6.07, 6.45) is 7.70. The Bertz CT molecular complexity index is 436. The molecule has 90 valence electrons. The van der Waals surface area contributed by atoms with Crippen LogP contribution in [0.15, 0.2) is 36.8 Å². The number of nitrogens with zero attached hydrogens (tertiary/aromatic N) is 3. The van der Waals surface area contributed by atoms with Crippen LogP contribution in [0.5, 0.6) is 0 Å². The third kappa shape index (κ3) is 3.31. The third-order valence-corrected chi connectivity index (χ3v) is 2.57. The summed E-state index contributed by atoms with van der Waals surface area (Å²) >= 11 is 0. The molecular weight excluding hydrogens is 212 g/mol. The zero-order chi connectivity index (χ0) is 11.9. The minimum atomic E-state index is 0.859. The molecule has 2 rings (SSSR count). The van der Waals surface area contributed by atoms with E-state index >= 15 is 0 Å². The van der Waals surface area contributed by atoms with Crippen LogP contribution in [0.25, 0.3) is 0 Å². The average molecular weight is 230 g/mol. The van der Waals surface area contributed by atoms with E-state index in [1.165, 1.54) is 0 Å². The van der Waals surface area contributed by atoms with Gasteiger partial charge in [0.15, 0.2) is 0 Å². The van der Waals surface area contributed by atoms with Crippen LogP contribution in [0.2, 0.25) is 0 Å². The minimum Gasteiger partial charge on any atom is -0.355 e. The van der Waals surface area contributed by atoms with Crippen LogP contribution in [0, 0.1) is 0 Å². The van der Waals surface area contributed by atoms with Gasteiger partial charge in [-0.05, 0) is 18.6 Å². The average Bonchev–Trinajstić information content (AvgIpc) is 2.79. The Morgan fingerprint density at radius 2 is 2.18 bits per heavy atom. The van der Waals surface area contributed by atoms with Gasteiger partial charge in [0.1, 0.15) is 0 Å². The first-order valence-electron chi connectivity index (χ1n) is 6.05. The van der Waals surface area contributed by atoms with Crippen molar-refractivity contribution < 1.29 is 0 Å². The molecule has 0 unspecified atom stereocenters. The number of anilines is 1. The summed E-state index contributed by atoms with van der Waals surface area (Å²) in [5.41, 5.74) is 1.11. The summed E-state index contributed by atoms with van der Waals surface area (Å²) < 4.78 is 2.14. The number of hydrogen-bond acceptors (Lipinski definition) is 3. The van der Waals surface area contributed by atoms with Gasteiger partial charge in [-0.1, -0.05) is 13.0 Å². The Morgan fingerprint density at radius 1 is 1.24 bits per heavy atom. The standard InChI is InChI=1S/C13H18N4/c1-2-10-17-11-9-16-13(17)15-8-6-12-5-3-4-7-14-12/h3-5,7,9,11H,2,6,8,10H2,1H3,(H,15,16). The molecule has 0 saturated carbocycles. The summed E-state index contributed by atoms with van der Waals surface area (Å²) in [5.74, 6) is 0.947. The molecule has 0 aliphatic heterocycles. The molecule has 17 heavy (non-hydrogen) atoms. The molecule has 0 saturated heterocycles. The molecule has 1 N–H and O–H groups in total. The highest BCUT2D eigenvalue weighted by Crippen LogP contribution is 2.05. The van der Waals surface area contributed by atoms with E-state index in [0.717, 1.165) is 37.6 Å². The van der Waals surface area contributed by atoms with Crippen molar-refractivity contribution >= 4 is 5.95 Å². The van der Waals surface area contributed by atoms with Gasteiger partial charge in [0.05, 0.1) is 0 Å². The zero-order valence-electron chi connectivity index (χ0n) is 10.1. The first kappa shape index (κ1) is 11.6. The number of nitrogens with one attached hydrogen (secondary N) is 1. The van der Waals surface area contributed by atoms with Crippen LogP contribution >= 0.6 is 0 Å². The summed E-state index contributed by atoms with van der Waals surface area (Å²) in [7, 11) is 0. The maximum Gasteiger partial charge on any atom is 0.202 e. The third-order valence-electron chi connectivity index (χ3n) is 2.57. The summed E-state index contributed by atoms with van der Waals surface area (Å²) in [5, 5.41) is 3.34. The van der Waals surface area contributed by atoms with Crippen molar-refractivity contribution in [1.29, 1.82) is 0 Å². The van der Waals surface area contributed by atoms with E-state index in [2.05, 4.69) is 26.8 Å². The molecule has 0 spiro atoms. The van der Waals surface area contributed by atoms with E-state index < -0.39 is 0 Å². The molecule has 0 atom stereocenters. The lowest BCUT2D eigenvalue weighted by Crippen LogP contribution is -2.11. The molecule has 0 bridgehead atoms. The molecule has 4 heteroatoms. The van der Waals surface area contributed by atoms with Crippen molar-refractivity contribution in [2.24, 2.45) is 0 Å². The van der Waals surface area contributed by atoms with E-state index in [9.17, 15) is 0 Å². The first-order chi connectivity index (χ1) is 8.40. The number of aryl methyl sites for hydroxylation is 1. The van der Waals surface area contributed by atoms with Gasteiger partial charge in [-0.2, -0.15) is 0 Å². The fourth-order valence-electron chi connectivity index (χ4n) is 1.75. The molecule has 0 aliphatic carbocycles. The van der Waals surface area contributed by atoms with E-state index in [4.69, 9.17) is 0 Å². The normalized spacial score (nSPS) is 10.4. The lowest BCUT2D eigenvalue weighted by Gasteiger charge is -2.08. The second-order valence-corrected chi connectivity index (χ2v) is 3.94. The second kappa shape index (κ2) is 6.03. The molecule has 4 nitrogen and oxygen atoms in total. The number of pyridine rings is 1. The fraction of sp³-hybridized carbons (Fsp3) is 0.385. The van der Waals surface area contributed by atoms with Crippen LogP contribution in [-0.2, 0) is 13.0 Å². The molecule has 2 aromatic rings. The van der Waals surface area contributed by atoms with Crippen LogP contribution < -0.4 is 5.32 Å². The zero-order valence-corrected chi connectivity index (χ0v) is 10.1. The van der Waals surface area contributed by atoms with Gasteiger partial charge in [-0.25, -0.2) is 4.98 Å². The highest BCUT2D eigenvalue weighted by atomic mass is 15.2. The van der Waals surface area contributed by atoms with Crippen molar-refractivity contribution in [2.45, 2.75) is 26.3 Å². The second-order valence-electron chi connectivity index (χ2n) is 3.94. The Hall–Kier alpha value is -1.84. The maximum atomic E-state index is 4.30. The van der Waals surface area contributed by atoms with Gasteiger partial charge in [-0.3, -0.25) is 4.98 Å². The number of aromatic nitrogens is 3. The van der Waals surface area contributed by atoms with Gasteiger partial charge in [0.25, 0.3) is 0 Å². The predicted molar refractivity (Wildman–Crippen MR) is 68.9 cm³/mol. The smallest absolute Gasteiger partial charge is 0.202 e. The Morgan fingerprint density at radius 3 is 2.94 bits per heavy atom. The van der Waals surface area contributed by atoms with Crippen molar-refractivity contribution in [3.63, 3.8) is 0 Å². The van der Waals surface area contributed by atoms with Crippen molar-refractivity contribution in [1.82, 2.24) is 14.5 Å². The molecule has 0 fully saturated rings. The van der Waals surface area contributed by atoms with E-state index in [1.54, 1.807) is 0 Å². The molecule has 0 radical (unpaired) electrons. The van der Waals surface area contributed by atoms with Crippen LogP contribution in [-0.4, -0.2) is 21.1 Å². The predicted octanol–water partition coefficient (Wildman–Crippen LogP) is 2.34. The first-order valence-corrected chi connectivity index (χ1v) is 6.05. The van der Waals surface area contributed by atoms with Crippen molar-refractivity contribution in [2.75, 3.05) is 11.9 Å². The molecule has 0 aliphatic rings. The summed E-state index contributed by atoms with van der Waals surface area (Å²) in [6, 6.07) is 5.99. The molecule has 2 aromatic heterocycles. The van der Waals surface area contributed by atoms with Gasteiger partial charge in [0.2, 0.25) is 5.95 Å². The van der Waals surface area contributed by atoms with Gasteiger partial charge < -0.3 is 9.88 Å². The van der Waals surface area contributed by atoms with Crippen LogP contribution in [0.4, 0.5) is 5.95 Å². The Labute approximate surface area is 102 Å². The number of hydrogen-bond donors (Lipinski definition) is 1. The quantitative estimate of drug-likeness (QED) is 0.828. The fourth-order valence-corrected chi connectivity index (χ4v) is 1.75. The molecule has 0 aromatic carbocycles. The Kier molecular flexibility index (Phi) is 4.13. The minimum absolute atomic E-state index is 0.859. The van der Waals surface area contributed by atoms with Crippen LogP contribution in [0.1, 0.15) is 19.0 Å². The molecular formula is C13H18N4. The highest BCUT2D eigenvalue weighted by Gasteiger charge is 2.00. The van der Waals surface area contributed by atoms with Crippen molar-refractivity contribution in [3.05, 3.63) is 42.5 Å². The number of imidazole rings is 1. The molecule has 0 amide bonds. The SMILES string of the molecule is CCCn1ccnc1NCCc1ccccn1. The summed E-state index contributed by atoms with van der Waals surface area (Å²) in [4.78, 5) is 8.59. The lowest BCUT2D eigenvalue weighted by molar-refractivity contribution is 0.681. The van der Waals surface area contributed by atoms with E-state index in [0.29, 0.717) is 0 Å². The van der Waals surface area contributed by atoms with Crippen molar-refractivity contribution in [3.8, 4) is 0 Å². The van der Waals surface area contributed by atoms with E-state index in [1.807, 2.05) is 36.8 Å². The monoisotopic (exact) mass is 230 g/mol. The summed E-state index contributed by atoms with van der Waals surface area (Å²) in [6.45, 7) is 4.03. The van der Waals surface area contributed by atoms with Gasteiger partial charge >= 0.3 is 0 Å². The number of rotatable bonds is 6. The van der Waals surface area contributed by atoms with Crippen LogP contribution in [0.3, 0.4) is 0 Å².